The van der Waals surface area contributed by atoms with Crippen LogP contribution in [0, 0.1) is 5.82 Å². The van der Waals surface area contributed by atoms with E-state index in [0.717, 1.165) is 23.4 Å². The molecule has 0 fully saturated rings. The summed E-state index contributed by atoms with van der Waals surface area (Å²) in [6, 6.07) is 6.27. The average molecular weight is 432 g/mol. The number of benzene rings is 1. The predicted molar refractivity (Wildman–Crippen MR) is 105 cm³/mol. The molecule has 31 heavy (non-hydrogen) atoms. The van der Waals surface area contributed by atoms with E-state index in [9.17, 15) is 22.4 Å². The lowest BCUT2D eigenvalue weighted by Crippen LogP contribution is -2.27. The van der Waals surface area contributed by atoms with E-state index in [-0.39, 0.29) is 23.2 Å². The highest BCUT2D eigenvalue weighted by molar-refractivity contribution is 5.94. The van der Waals surface area contributed by atoms with Crippen molar-refractivity contribution in [2.45, 2.75) is 44.8 Å². The second-order valence-electron chi connectivity index (χ2n) is 7.87. The number of carbonyl (C=O) groups excluding carboxylic acids is 1. The first-order chi connectivity index (χ1) is 14.6. The fourth-order valence-corrected chi connectivity index (χ4v) is 3.66. The second kappa shape index (κ2) is 7.79. The number of hydrogen-bond acceptors (Lipinski definition) is 3. The van der Waals surface area contributed by atoms with Crippen molar-refractivity contribution < 1.29 is 22.4 Å². The first kappa shape index (κ1) is 21.0. The molecule has 2 heterocycles. The van der Waals surface area contributed by atoms with Gasteiger partial charge in [-0.2, -0.15) is 18.3 Å². The number of halogens is 4. The number of nitrogens with one attached hydrogen (secondary N) is 1. The Hall–Kier alpha value is -3.23. The van der Waals surface area contributed by atoms with Gasteiger partial charge in [0.15, 0.2) is 0 Å². The summed E-state index contributed by atoms with van der Waals surface area (Å²) in [6.07, 6.45) is -0.664. The van der Waals surface area contributed by atoms with Crippen molar-refractivity contribution in [2.75, 3.05) is 0 Å². The van der Waals surface area contributed by atoms with Crippen LogP contribution in [0.3, 0.4) is 0 Å². The Morgan fingerprint density at radius 1 is 1.23 bits per heavy atom. The molecule has 0 unspecified atom stereocenters. The maximum Gasteiger partial charge on any atom is 0.433 e. The van der Waals surface area contributed by atoms with Gasteiger partial charge in [0.25, 0.3) is 5.91 Å². The minimum Gasteiger partial charge on any atom is -0.345 e. The number of fused-ring (bicyclic) bond motifs is 1. The van der Waals surface area contributed by atoms with Gasteiger partial charge in [-0.1, -0.05) is 13.8 Å². The summed E-state index contributed by atoms with van der Waals surface area (Å²) in [5.41, 5.74) is 1.62. The molecule has 0 saturated carbocycles. The molecule has 0 bridgehead atoms. The monoisotopic (exact) mass is 432 g/mol. The molecular formula is C22H20F4N4O. The summed E-state index contributed by atoms with van der Waals surface area (Å²) in [4.78, 5) is 16.1. The van der Waals surface area contributed by atoms with Crippen LogP contribution in [0.4, 0.5) is 17.6 Å². The Kier molecular flexibility index (Phi) is 5.28. The Morgan fingerprint density at radius 3 is 2.71 bits per heavy atom. The van der Waals surface area contributed by atoms with Gasteiger partial charge in [-0.25, -0.2) is 9.07 Å². The van der Waals surface area contributed by atoms with Crippen LogP contribution in [0.25, 0.3) is 5.69 Å². The number of carbonyl (C=O) groups is 1. The van der Waals surface area contributed by atoms with Gasteiger partial charge in [0.2, 0.25) is 0 Å². The molecule has 1 N–H and O–H groups in total. The lowest BCUT2D eigenvalue weighted by Gasteiger charge is -2.14. The minimum atomic E-state index is -4.55. The van der Waals surface area contributed by atoms with E-state index >= 15 is 0 Å². The van der Waals surface area contributed by atoms with E-state index in [0.29, 0.717) is 18.5 Å². The van der Waals surface area contributed by atoms with Crippen LogP contribution >= 0.6 is 0 Å². The molecule has 0 radical (unpaired) electrons. The van der Waals surface area contributed by atoms with Crippen LogP contribution in [-0.4, -0.2) is 20.7 Å². The number of nitrogens with zero attached hydrogens (tertiary/aromatic N) is 3. The third kappa shape index (κ3) is 4.30. The van der Waals surface area contributed by atoms with Crippen molar-refractivity contribution in [3.8, 4) is 5.69 Å². The van der Waals surface area contributed by atoms with Gasteiger partial charge in [0, 0.05) is 23.5 Å². The van der Waals surface area contributed by atoms with Crippen LogP contribution in [0.1, 0.15) is 65.1 Å². The van der Waals surface area contributed by atoms with E-state index in [4.69, 9.17) is 0 Å². The first-order valence-corrected chi connectivity index (χ1v) is 9.85. The molecule has 1 atom stereocenters. The fraction of sp³-hybridized carbons (Fsp3) is 0.318. The zero-order valence-electron chi connectivity index (χ0n) is 16.9. The van der Waals surface area contributed by atoms with Crippen molar-refractivity contribution in [1.82, 2.24) is 20.1 Å². The van der Waals surface area contributed by atoms with Gasteiger partial charge in [0.05, 0.1) is 17.4 Å². The molecule has 1 aliphatic rings. The number of hydrogen-bond donors (Lipinski definition) is 1. The van der Waals surface area contributed by atoms with Crippen molar-refractivity contribution in [3.05, 3.63) is 76.6 Å². The SMILES string of the molecule is CC(C)c1cc(F)cc(C(=O)N[C@@H]2CCc3nn(-c4ccnc(C(F)(F)F)c4)cc32)c1. The molecule has 162 valence electrons. The smallest absolute Gasteiger partial charge is 0.345 e. The molecule has 9 heteroatoms. The molecule has 0 saturated heterocycles. The minimum absolute atomic E-state index is 0.0699. The van der Waals surface area contributed by atoms with Crippen molar-refractivity contribution in [2.24, 2.45) is 0 Å². The molecule has 0 spiro atoms. The number of pyridine rings is 1. The Morgan fingerprint density at radius 2 is 2.00 bits per heavy atom. The van der Waals surface area contributed by atoms with E-state index in [2.05, 4.69) is 15.4 Å². The Bertz CT molecular complexity index is 1140. The molecule has 4 rings (SSSR count). The van der Waals surface area contributed by atoms with Crippen molar-refractivity contribution >= 4 is 5.91 Å². The zero-order chi connectivity index (χ0) is 22.3. The standard InChI is InChI=1S/C22H20F4N4O/c1-12(2)13-7-14(9-15(23)8-13)21(31)28-18-3-4-19-17(18)11-30(29-19)16-5-6-27-20(10-16)22(24,25)26/h5-12,18H,3-4H2,1-2H3,(H,28,31)/t18-/m1/s1. The van der Waals surface area contributed by atoms with Gasteiger partial charge in [-0.3, -0.25) is 9.78 Å². The maximum absolute atomic E-state index is 13.9. The van der Waals surface area contributed by atoms with Crippen molar-refractivity contribution in [3.63, 3.8) is 0 Å². The Labute approximate surface area is 176 Å². The lowest BCUT2D eigenvalue weighted by molar-refractivity contribution is -0.141. The molecule has 2 aromatic heterocycles. The summed E-state index contributed by atoms with van der Waals surface area (Å²) >= 11 is 0. The third-order valence-corrected chi connectivity index (χ3v) is 5.32. The van der Waals surface area contributed by atoms with Crippen molar-refractivity contribution in [1.29, 1.82) is 0 Å². The summed E-state index contributed by atoms with van der Waals surface area (Å²) in [6.45, 7) is 3.83. The molecule has 1 amide bonds. The van der Waals surface area contributed by atoms with Crippen LogP contribution < -0.4 is 5.32 Å². The molecule has 0 aliphatic heterocycles. The number of rotatable bonds is 4. The predicted octanol–water partition coefficient (Wildman–Crippen LogP) is 4.97. The van der Waals surface area contributed by atoms with Gasteiger partial charge in [-0.05, 0) is 54.7 Å². The molecule has 1 aromatic carbocycles. The largest absolute Gasteiger partial charge is 0.433 e. The van der Waals surface area contributed by atoms with Gasteiger partial charge in [0.1, 0.15) is 11.5 Å². The van der Waals surface area contributed by atoms with Crippen LogP contribution in [0.5, 0.6) is 0 Å². The number of alkyl halides is 3. The maximum atomic E-state index is 13.9. The normalized spacial score (nSPS) is 15.9. The highest BCUT2D eigenvalue weighted by Gasteiger charge is 2.33. The molecule has 1 aliphatic carbocycles. The third-order valence-electron chi connectivity index (χ3n) is 5.32. The summed E-state index contributed by atoms with van der Waals surface area (Å²) in [5, 5.41) is 7.27. The second-order valence-corrected chi connectivity index (χ2v) is 7.87. The highest BCUT2D eigenvalue weighted by atomic mass is 19.4. The summed E-state index contributed by atoms with van der Waals surface area (Å²) < 4.78 is 54.1. The number of aryl methyl sites for hydroxylation is 1. The number of amides is 1. The Balaban J connectivity index is 1.57. The van der Waals surface area contributed by atoms with Crippen LogP contribution in [0.15, 0.2) is 42.7 Å². The number of aromatic nitrogens is 3. The van der Waals surface area contributed by atoms with Gasteiger partial charge >= 0.3 is 6.18 Å². The van der Waals surface area contributed by atoms with E-state index in [1.54, 1.807) is 12.3 Å². The van der Waals surface area contributed by atoms with Gasteiger partial charge < -0.3 is 5.32 Å². The van der Waals surface area contributed by atoms with Crippen LogP contribution in [-0.2, 0) is 12.6 Å². The van der Waals surface area contributed by atoms with E-state index < -0.39 is 23.6 Å². The van der Waals surface area contributed by atoms with Crippen LogP contribution in [0.2, 0.25) is 0 Å². The quantitative estimate of drug-likeness (QED) is 0.593. The first-order valence-electron chi connectivity index (χ1n) is 9.85. The molecule has 5 nitrogen and oxygen atoms in total. The van der Waals surface area contributed by atoms with E-state index in [1.807, 2.05) is 13.8 Å². The van der Waals surface area contributed by atoms with E-state index in [1.165, 1.54) is 22.9 Å². The average Bonchev–Trinajstić information content (AvgIpc) is 3.29. The highest BCUT2D eigenvalue weighted by Crippen LogP contribution is 2.33. The topological polar surface area (TPSA) is 59.8 Å². The lowest BCUT2D eigenvalue weighted by atomic mass is 10.00. The zero-order valence-corrected chi connectivity index (χ0v) is 16.9. The van der Waals surface area contributed by atoms with Gasteiger partial charge in [-0.15, -0.1) is 0 Å². The fourth-order valence-electron chi connectivity index (χ4n) is 3.66. The summed E-state index contributed by atoms with van der Waals surface area (Å²) in [7, 11) is 0. The summed E-state index contributed by atoms with van der Waals surface area (Å²) in [5.74, 6) is -0.815. The molecular weight excluding hydrogens is 412 g/mol. The molecule has 3 aromatic rings.